The number of benzene rings is 1. The molecule has 1 aromatic carbocycles. The van der Waals surface area contributed by atoms with E-state index in [4.69, 9.17) is 9.26 Å². The highest BCUT2D eigenvalue weighted by Crippen LogP contribution is 2.33. The van der Waals surface area contributed by atoms with Gasteiger partial charge in [0.25, 0.3) is 5.91 Å². The van der Waals surface area contributed by atoms with E-state index in [-0.39, 0.29) is 17.7 Å². The lowest BCUT2D eigenvalue weighted by atomic mass is 10.1. The second-order valence-corrected chi connectivity index (χ2v) is 8.15. The third-order valence-electron chi connectivity index (χ3n) is 4.19. The summed E-state index contributed by atoms with van der Waals surface area (Å²) in [6, 6.07) is 7.48. The number of carbonyl (C=O) groups excluding carboxylic acids is 1. The summed E-state index contributed by atoms with van der Waals surface area (Å²) in [6.45, 7) is 6.27. The highest BCUT2D eigenvalue weighted by atomic mass is 32.1. The van der Waals surface area contributed by atoms with Crippen LogP contribution in [-0.2, 0) is 12.8 Å². The molecule has 0 unspecified atom stereocenters. The first kappa shape index (κ1) is 17.7. The van der Waals surface area contributed by atoms with E-state index in [0.717, 1.165) is 34.7 Å². The highest BCUT2D eigenvalue weighted by molar-refractivity contribution is 7.15. The summed E-state index contributed by atoms with van der Waals surface area (Å²) in [4.78, 5) is 12.4. The second kappa shape index (κ2) is 7.11. The zero-order valence-electron chi connectivity index (χ0n) is 15.4. The van der Waals surface area contributed by atoms with Gasteiger partial charge in [0.05, 0.1) is 0 Å². The van der Waals surface area contributed by atoms with E-state index in [9.17, 15) is 4.79 Å². The zero-order valence-corrected chi connectivity index (χ0v) is 16.2. The summed E-state index contributed by atoms with van der Waals surface area (Å²) >= 11 is 1.37. The molecule has 1 N–H and O–H groups in total. The predicted molar refractivity (Wildman–Crippen MR) is 102 cm³/mol. The summed E-state index contributed by atoms with van der Waals surface area (Å²) in [5, 5.41) is 16.1. The normalized spacial score (nSPS) is 15.6. The molecule has 0 saturated heterocycles. The summed E-state index contributed by atoms with van der Waals surface area (Å²) in [5.74, 6) is 1.56. The van der Waals surface area contributed by atoms with Gasteiger partial charge in [-0.05, 0) is 36.6 Å². The van der Waals surface area contributed by atoms with Gasteiger partial charge in [0, 0.05) is 24.5 Å². The maximum absolute atomic E-state index is 12.4. The lowest BCUT2D eigenvalue weighted by Gasteiger charge is -2.02. The van der Waals surface area contributed by atoms with Crippen LogP contribution < -0.4 is 10.1 Å². The molecule has 4 rings (SSSR count). The molecule has 3 heterocycles. The fourth-order valence-electron chi connectivity index (χ4n) is 2.99. The summed E-state index contributed by atoms with van der Waals surface area (Å²) in [6.07, 6.45) is 1.88. The smallest absolute Gasteiger partial charge is 0.279 e. The molecular weight excluding hydrogens is 364 g/mol. The van der Waals surface area contributed by atoms with Gasteiger partial charge in [0.2, 0.25) is 5.13 Å². The van der Waals surface area contributed by atoms with Gasteiger partial charge in [-0.15, -0.1) is 10.2 Å². The summed E-state index contributed by atoms with van der Waals surface area (Å²) < 4.78 is 11.1. The highest BCUT2D eigenvalue weighted by Gasteiger charge is 2.21. The molecule has 8 heteroatoms. The standard InChI is InChI=1S/C19H20N4O3S/c1-10(2)6-17-21-22-19(27-17)20-18(24)14-9-16(26-23-14)12-4-5-15-13(8-12)7-11(3)25-15/h4-5,8-11H,6-7H2,1-3H3,(H,20,22,24)/t11-/m1/s1. The molecule has 2 aromatic heterocycles. The number of nitrogens with one attached hydrogen (secondary N) is 1. The van der Waals surface area contributed by atoms with Gasteiger partial charge >= 0.3 is 0 Å². The number of carbonyl (C=O) groups is 1. The Balaban J connectivity index is 1.47. The molecule has 0 radical (unpaired) electrons. The van der Waals surface area contributed by atoms with E-state index in [1.165, 1.54) is 11.3 Å². The molecule has 27 heavy (non-hydrogen) atoms. The fourth-order valence-corrected chi connectivity index (χ4v) is 3.94. The van der Waals surface area contributed by atoms with Gasteiger partial charge in [-0.1, -0.05) is 30.3 Å². The Morgan fingerprint density at radius 1 is 1.33 bits per heavy atom. The molecule has 0 spiro atoms. The van der Waals surface area contributed by atoms with Crippen molar-refractivity contribution in [1.29, 1.82) is 0 Å². The molecule has 1 aliphatic heterocycles. The van der Waals surface area contributed by atoms with Gasteiger partial charge < -0.3 is 9.26 Å². The van der Waals surface area contributed by atoms with Crippen LogP contribution in [0.2, 0.25) is 0 Å². The van der Waals surface area contributed by atoms with Crippen molar-refractivity contribution in [1.82, 2.24) is 15.4 Å². The number of anilines is 1. The van der Waals surface area contributed by atoms with Crippen molar-refractivity contribution >= 4 is 22.4 Å². The third kappa shape index (κ3) is 3.85. The number of ether oxygens (including phenoxy) is 1. The molecule has 0 bridgehead atoms. The Hall–Kier alpha value is -2.74. The largest absolute Gasteiger partial charge is 0.490 e. The Bertz CT molecular complexity index is 979. The average molecular weight is 384 g/mol. The van der Waals surface area contributed by atoms with E-state index in [1.807, 2.05) is 25.1 Å². The molecule has 7 nitrogen and oxygen atoms in total. The Morgan fingerprint density at radius 3 is 3.00 bits per heavy atom. The van der Waals surface area contributed by atoms with E-state index in [2.05, 4.69) is 34.5 Å². The first-order valence-corrected chi connectivity index (χ1v) is 9.70. The van der Waals surface area contributed by atoms with E-state index in [1.54, 1.807) is 6.07 Å². The van der Waals surface area contributed by atoms with Crippen LogP contribution in [0.15, 0.2) is 28.8 Å². The Labute approximate surface area is 160 Å². The molecule has 140 valence electrons. The topological polar surface area (TPSA) is 90.1 Å². The number of fused-ring (bicyclic) bond motifs is 1. The number of nitrogens with zero attached hydrogens (tertiary/aromatic N) is 3. The monoisotopic (exact) mass is 384 g/mol. The molecule has 0 saturated carbocycles. The lowest BCUT2D eigenvalue weighted by molar-refractivity contribution is 0.101. The zero-order chi connectivity index (χ0) is 19.0. The van der Waals surface area contributed by atoms with Crippen molar-refractivity contribution in [3.63, 3.8) is 0 Å². The minimum atomic E-state index is -0.365. The minimum absolute atomic E-state index is 0.179. The van der Waals surface area contributed by atoms with E-state index < -0.39 is 0 Å². The summed E-state index contributed by atoms with van der Waals surface area (Å²) in [5.41, 5.74) is 2.21. The van der Waals surface area contributed by atoms with Gasteiger partial charge in [-0.2, -0.15) is 0 Å². The van der Waals surface area contributed by atoms with Crippen molar-refractivity contribution in [2.24, 2.45) is 5.92 Å². The van der Waals surface area contributed by atoms with Crippen molar-refractivity contribution in [2.75, 3.05) is 5.32 Å². The maximum Gasteiger partial charge on any atom is 0.279 e. The van der Waals surface area contributed by atoms with Gasteiger partial charge in [0.1, 0.15) is 16.9 Å². The van der Waals surface area contributed by atoms with Crippen molar-refractivity contribution in [3.8, 4) is 17.1 Å². The second-order valence-electron chi connectivity index (χ2n) is 7.08. The van der Waals surface area contributed by atoms with Crippen molar-refractivity contribution in [3.05, 3.63) is 40.5 Å². The number of rotatable bonds is 5. The average Bonchev–Trinajstić information content (AvgIpc) is 3.32. The van der Waals surface area contributed by atoms with Crippen LogP contribution in [0.5, 0.6) is 5.75 Å². The molecule has 3 aromatic rings. The van der Waals surface area contributed by atoms with Crippen LogP contribution >= 0.6 is 11.3 Å². The van der Waals surface area contributed by atoms with Crippen LogP contribution in [0.4, 0.5) is 5.13 Å². The fraction of sp³-hybridized carbons (Fsp3) is 0.368. The molecular formula is C19H20N4O3S. The van der Waals surface area contributed by atoms with Gasteiger partial charge in [0.15, 0.2) is 11.5 Å². The lowest BCUT2D eigenvalue weighted by Crippen LogP contribution is -2.11. The van der Waals surface area contributed by atoms with Crippen LogP contribution in [0, 0.1) is 5.92 Å². The Kier molecular flexibility index (Phi) is 4.65. The number of aromatic nitrogens is 3. The maximum atomic E-state index is 12.4. The number of hydrogen-bond acceptors (Lipinski definition) is 7. The Morgan fingerprint density at radius 2 is 2.19 bits per heavy atom. The molecule has 1 atom stereocenters. The van der Waals surface area contributed by atoms with Crippen LogP contribution in [0.1, 0.15) is 41.8 Å². The number of amides is 1. The molecule has 0 fully saturated rings. The molecule has 1 aliphatic rings. The minimum Gasteiger partial charge on any atom is -0.490 e. The van der Waals surface area contributed by atoms with Crippen LogP contribution in [0.3, 0.4) is 0 Å². The van der Waals surface area contributed by atoms with Crippen LogP contribution in [0.25, 0.3) is 11.3 Å². The third-order valence-corrected chi connectivity index (χ3v) is 5.05. The quantitative estimate of drug-likeness (QED) is 0.716. The van der Waals surface area contributed by atoms with Crippen molar-refractivity contribution in [2.45, 2.75) is 39.7 Å². The first-order chi connectivity index (χ1) is 13.0. The van der Waals surface area contributed by atoms with E-state index >= 15 is 0 Å². The SMILES string of the molecule is CC(C)Cc1nnc(NC(=O)c2cc(-c3ccc4c(c3)C[C@@H](C)O4)on2)s1. The van der Waals surface area contributed by atoms with E-state index in [0.29, 0.717) is 16.8 Å². The first-order valence-electron chi connectivity index (χ1n) is 8.88. The number of hydrogen-bond donors (Lipinski definition) is 1. The van der Waals surface area contributed by atoms with Gasteiger partial charge in [-0.25, -0.2) is 0 Å². The summed E-state index contributed by atoms with van der Waals surface area (Å²) in [7, 11) is 0. The molecule has 1 amide bonds. The predicted octanol–water partition coefficient (Wildman–Crippen LogP) is 3.97. The van der Waals surface area contributed by atoms with Gasteiger partial charge in [-0.3, -0.25) is 10.1 Å². The van der Waals surface area contributed by atoms with Crippen molar-refractivity contribution < 1.29 is 14.1 Å². The van der Waals surface area contributed by atoms with Crippen LogP contribution in [-0.4, -0.2) is 27.4 Å². The molecule has 0 aliphatic carbocycles.